The number of para-hydroxylation sites is 1. The van der Waals surface area contributed by atoms with Crippen LogP contribution in [-0.4, -0.2) is 4.98 Å². The molecule has 1 aromatic heterocycles. The third-order valence-corrected chi connectivity index (χ3v) is 3.63. The maximum absolute atomic E-state index is 13.0. The SMILES string of the molecule is Nc1cccc2oc(CSc3cccc(F)c3)nc12. The van der Waals surface area contributed by atoms with Gasteiger partial charge < -0.3 is 10.2 Å². The van der Waals surface area contributed by atoms with Gasteiger partial charge >= 0.3 is 0 Å². The molecule has 3 aromatic rings. The molecule has 0 fully saturated rings. The Hall–Kier alpha value is -2.01. The van der Waals surface area contributed by atoms with Crippen LogP contribution in [0.4, 0.5) is 10.1 Å². The van der Waals surface area contributed by atoms with Crippen LogP contribution >= 0.6 is 11.8 Å². The Morgan fingerprint density at radius 1 is 1.21 bits per heavy atom. The lowest BCUT2D eigenvalue weighted by atomic mass is 10.3. The Bertz CT molecular complexity index is 726. The number of hydrogen-bond acceptors (Lipinski definition) is 4. The minimum Gasteiger partial charge on any atom is -0.440 e. The highest BCUT2D eigenvalue weighted by atomic mass is 32.2. The number of rotatable bonds is 3. The van der Waals surface area contributed by atoms with Crippen LogP contribution in [0.1, 0.15) is 5.89 Å². The Kier molecular flexibility index (Phi) is 3.13. The summed E-state index contributed by atoms with van der Waals surface area (Å²) in [6, 6.07) is 11.9. The zero-order valence-electron chi connectivity index (χ0n) is 9.97. The van der Waals surface area contributed by atoms with Crippen molar-refractivity contribution in [3.8, 4) is 0 Å². The first-order chi connectivity index (χ1) is 9.22. The molecule has 19 heavy (non-hydrogen) atoms. The third-order valence-electron chi connectivity index (χ3n) is 2.65. The van der Waals surface area contributed by atoms with Crippen LogP contribution in [0.2, 0.25) is 0 Å². The van der Waals surface area contributed by atoms with Crippen LogP contribution < -0.4 is 5.73 Å². The number of halogens is 1. The van der Waals surface area contributed by atoms with Crippen molar-refractivity contribution in [1.82, 2.24) is 4.98 Å². The van der Waals surface area contributed by atoms with Gasteiger partial charge in [-0.25, -0.2) is 9.37 Å². The second-order valence-electron chi connectivity index (χ2n) is 4.05. The van der Waals surface area contributed by atoms with E-state index in [0.29, 0.717) is 28.4 Å². The van der Waals surface area contributed by atoms with Crippen molar-refractivity contribution in [3.05, 3.63) is 54.2 Å². The number of benzene rings is 2. The molecule has 0 spiro atoms. The first-order valence-electron chi connectivity index (χ1n) is 5.74. The van der Waals surface area contributed by atoms with E-state index >= 15 is 0 Å². The second kappa shape index (κ2) is 4.93. The van der Waals surface area contributed by atoms with Gasteiger partial charge in [0.05, 0.1) is 11.4 Å². The molecule has 3 rings (SSSR count). The number of nitrogens with two attached hydrogens (primary N) is 1. The first-order valence-corrected chi connectivity index (χ1v) is 6.73. The lowest BCUT2D eigenvalue weighted by Crippen LogP contribution is -1.85. The summed E-state index contributed by atoms with van der Waals surface area (Å²) in [6.07, 6.45) is 0. The predicted molar refractivity (Wildman–Crippen MR) is 74.4 cm³/mol. The van der Waals surface area contributed by atoms with Crippen molar-refractivity contribution in [2.45, 2.75) is 10.6 Å². The Labute approximate surface area is 113 Å². The smallest absolute Gasteiger partial charge is 0.205 e. The van der Waals surface area contributed by atoms with Gasteiger partial charge in [0.2, 0.25) is 5.89 Å². The van der Waals surface area contributed by atoms with E-state index < -0.39 is 0 Å². The van der Waals surface area contributed by atoms with E-state index in [0.717, 1.165) is 4.90 Å². The zero-order valence-corrected chi connectivity index (χ0v) is 10.8. The fraction of sp³-hybridized carbons (Fsp3) is 0.0714. The molecular formula is C14H11FN2OS. The molecule has 0 radical (unpaired) electrons. The van der Waals surface area contributed by atoms with Crippen molar-refractivity contribution < 1.29 is 8.81 Å². The number of hydrogen-bond donors (Lipinski definition) is 1. The summed E-state index contributed by atoms with van der Waals surface area (Å²) in [6.45, 7) is 0. The zero-order chi connectivity index (χ0) is 13.2. The van der Waals surface area contributed by atoms with Gasteiger partial charge in [0.1, 0.15) is 11.3 Å². The molecule has 0 saturated carbocycles. The van der Waals surface area contributed by atoms with Crippen LogP contribution in [0.15, 0.2) is 51.8 Å². The van der Waals surface area contributed by atoms with Crippen LogP contribution in [-0.2, 0) is 5.75 Å². The maximum Gasteiger partial charge on any atom is 0.205 e. The van der Waals surface area contributed by atoms with Gasteiger partial charge in [-0.15, -0.1) is 11.8 Å². The van der Waals surface area contributed by atoms with Crippen molar-refractivity contribution in [2.24, 2.45) is 0 Å². The highest BCUT2D eigenvalue weighted by Gasteiger charge is 2.08. The molecule has 3 nitrogen and oxygen atoms in total. The van der Waals surface area contributed by atoms with Gasteiger partial charge in [0.25, 0.3) is 0 Å². The summed E-state index contributed by atoms with van der Waals surface area (Å²) >= 11 is 1.47. The van der Waals surface area contributed by atoms with Crippen LogP contribution in [0.25, 0.3) is 11.1 Å². The van der Waals surface area contributed by atoms with Gasteiger partial charge in [0, 0.05) is 4.90 Å². The standard InChI is InChI=1S/C14H11FN2OS/c15-9-3-1-4-10(7-9)19-8-13-17-14-11(16)5-2-6-12(14)18-13/h1-7H,8,16H2. The molecule has 1 heterocycles. The minimum atomic E-state index is -0.244. The Morgan fingerprint density at radius 2 is 2.05 bits per heavy atom. The van der Waals surface area contributed by atoms with E-state index in [1.807, 2.05) is 18.2 Å². The molecule has 0 aliphatic rings. The molecular weight excluding hydrogens is 263 g/mol. The van der Waals surface area contributed by atoms with Crippen molar-refractivity contribution in [1.29, 1.82) is 0 Å². The molecule has 0 amide bonds. The summed E-state index contributed by atoms with van der Waals surface area (Å²) in [4.78, 5) is 5.19. The summed E-state index contributed by atoms with van der Waals surface area (Å²) in [5, 5.41) is 0. The quantitative estimate of drug-likeness (QED) is 0.582. The van der Waals surface area contributed by atoms with E-state index in [-0.39, 0.29) is 5.82 Å². The summed E-state index contributed by atoms with van der Waals surface area (Å²) < 4.78 is 18.6. The normalized spacial score (nSPS) is 11.0. The van der Waals surface area contributed by atoms with E-state index in [2.05, 4.69) is 4.98 Å². The lowest BCUT2D eigenvalue weighted by molar-refractivity contribution is 0.556. The highest BCUT2D eigenvalue weighted by molar-refractivity contribution is 7.98. The minimum absolute atomic E-state index is 0.244. The molecule has 0 unspecified atom stereocenters. The van der Waals surface area contributed by atoms with Gasteiger partial charge in [-0.2, -0.15) is 0 Å². The Balaban J connectivity index is 1.80. The predicted octanol–water partition coefficient (Wildman–Crippen LogP) is 3.84. The monoisotopic (exact) mass is 274 g/mol. The van der Waals surface area contributed by atoms with Gasteiger partial charge in [-0.1, -0.05) is 12.1 Å². The average molecular weight is 274 g/mol. The maximum atomic E-state index is 13.0. The van der Waals surface area contributed by atoms with Crippen LogP contribution in [0.3, 0.4) is 0 Å². The molecule has 2 N–H and O–H groups in total. The van der Waals surface area contributed by atoms with Crippen LogP contribution in [0, 0.1) is 5.82 Å². The largest absolute Gasteiger partial charge is 0.440 e. The summed E-state index contributed by atoms with van der Waals surface area (Å²) in [7, 11) is 0. The van der Waals surface area contributed by atoms with Gasteiger partial charge in [0.15, 0.2) is 5.58 Å². The molecule has 96 valence electrons. The van der Waals surface area contributed by atoms with E-state index in [1.54, 1.807) is 12.1 Å². The Morgan fingerprint density at radius 3 is 2.84 bits per heavy atom. The highest BCUT2D eigenvalue weighted by Crippen LogP contribution is 2.26. The van der Waals surface area contributed by atoms with Crippen molar-refractivity contribution in [3.63, 3.8) is 0 Å². The number of aromatic nitrogens is 1. The number of fused-ring (bicyclic) bond motifs is 1. The second-order valence-corrected chi connectivity index (χ2v) is 5.10. The number of oxazole rings is 1. The van der Waals surface area contributed by atoms with E-state index in [9.17, 15) is 4.39 Å². The first kappa shape index (κ1) is 12.0. The molecule has 2 aromatic carbocycles. The average Bonchev–Trinajstić information content (AvgIpc) is 2.81. The fourth-order valence-electron chi connectivity index (χ4n) is 1.78. The molecule has 0 saturated heterocycles. The number of anilines is 1. The summed E-state index contributed by atoms with van der Waals surface area (Å²) in [5.74, 6) is 0.881. The molecule has 5 heteroatoms. The van der Waals surface area contributed by atoms with Crippen molar-refractivity contribution in [2.75, 3.05) is 5.73 Å². The van der Waals surface area contributed by atoms with Crippen molar-refractivity contribution >= 4 is 28.5 Å². The molecule has 0 bridgehead atoms. The fourth-order valence-corrected chi connectivity index (χ4v) is 2.56. The van der Waals surface area contributed by atoms with E-state index in [4.69, 9.17) is 10.2 Å². The number of nitrogen functional groups attached to an aromatic ring is 1. The summed E-state index contributed by atoms with van der Waals surface area (Å²) in [5.41, 5.74) is 7.77. The van der Waals surface area contributed by atoms with Gasteiger partial charge in [-0.3, -0.25) is 0 Å². The van der Waals surface area contributed by atoms with E-state index in [1.165, 1.54) is 23.9 Å². The molecule has 0 atom stereocenters. The molecule has 0 aliphatic carbocycles. The van der Waals surface area contributed by atoms with Gasteiger partial charge in [-0.05, 0) is 30.3 Å². The topological polar surface area (TPSA) is 52.0 Å². The van der Waals surface area contributed by atoms with Crippen LogP contribution in [0.5, 0.6) is 0 Å². The number of nitrogens with zero attached hydrogens (tertiary/aromatic N) is 1. The molecule has 0 aliphatic heterocycles. The lowest BCUT2D eigenvalue weighted by Gasteiger charge is -1.98. The third kappa shape index (κ3) is 2.56. The number of thioether (sulfide) groups is 1.